The van der Waals surface area contributed by atoms with Crippen LogP contribution in [0.3, 0.4) is 0 Å². The molecule has 7 nitrogen and oxygen atoms in total. The SMILES string of the molecule is COC(=O)CCC(=O)CNC(=O)[C@H]1CCCN1C(C)=O. The second-order valence-electron chi connectivity index (χ2n) is 4.70. The van der Waals surface area contributed by atoms with Crippen molar-refractivity contribution in [3.05, 3.63) is 0 Å². The Balaban J connectivity index is 2.34. The van der Waals surface area contributed by atoms with Gasteiger partial charge in [-0.15, -0.1) is 0 Å². The van der Waals surface area contributed by atoms with Crippen molar-refractivity contribution in [2.45, 2.75) is 38.6 Å². The van der Waals surface area contributed by atoms with E-state index < -0.39 is 12.0 Å². The summed E-state index contributed by atoms with van der Waals surface area (Å²) in [5, 5.41) is 2.52. The molecule has 2 amide bonds. The van der Waals surface area contributed by atoms with Crippen molar-refractivity contribution in [2.24, 2.45) is 0 Å². The number of ether oxygens (including phenoxy) is 1. The Morgan fingerprint density at radius 2 is 1.95 bits per heavy atom. The average molecular weight is 284 g/mol. The summed E-state index contributed by atoms with van der Waals surface area (Å²) in [6.07, 6.45) is 1.44. The summed E-state index contributed by atoms with van der Waals surface area (Å²) in [4.78, 5) is 47.1. The van der Waals surface area contributed by atoms with Crippen molar-refractivity contribution < 1.29 is 23.9 Å². The number of nitrogens with zero attached hydrogens (tertiary/aromatic N) is 1. The van der Waals surface area contributed by atoms with E-state index in [2.05, 4.69) is 10.1 Å². The van der Waals surface area contributed by atoms with Gasteiger partial charge in [0.25, 0.3) is 0 Å². The van der Waals surface area contributed by atoms with E-state index in [9.17, 15) is 19.2 Å². The van der Waals surface area contributed by atoms with Gasteiger partial charge in [-0.05, 0) is 12.8 Å². The van der Waals surface area contributed by atoms with Crippen LogP contribution in [-0.2, 0) is 23.9 Å². The fourth-order valence-corrected chi connectivity index (χ4v) is 2.15. The maximum atomic E-state index is 11.9. The molecule has 0 spiro atoms. The lowest BCUT2D eigenvalue weighted by atomic mass is 10.2. The Labute approximate surface area is 117 Å². The molecule has 1 atom stereocenters. The minimum absolute atomic E-state index is 0.00814. The Morgan fingerprint density at radius 3 is 2.55 bits per heavy atom. The van der Waals surface area contributed by atoms with Gasteiger partial charge in [0.2, 0.25) is 11.8 Å². The zero-order valence-corrected chi connectivity index (χ0v) is 11.8. The second kappa shape index (κ2) is 7.62. The zero-order valence-electron chi connectivity index (χ0n) is 11.8. The summed E-state index contributed by atoms with van der Waals surface area (Å²) in [5.41, 5.74) is 0. The van der Waals surface area contributed by atoms with E-state index in [0.29, 0.717) is 13.0 Å². The Kier molecular flexibility index (Phi) is 6.14. The molecule has 0 aromatic carbocycles. The lowest BCUT2D eigenvalue weighted by Gasteiger charge is -2.22. The molecule has 0 saturated carbocycles. The summed E-state index contributed by atoms with van der Waals surface area (Å²) in [5.74, 6) is -1.15. The molecular formula is C13H20N2O5. The van der Waals surface area contributed by atoms with Gasteiger partial charge in [-0.25, -0.2) is 0 Å². The van der Waals surface area contributed by atoms with E-state index in [-0.39, 0.29) is 37.0 Å². The molecule has 0 bridgehead atoms. The minimum atomic E-state index is -0.485. The number of Topliss-reactive ketones (excluding diaryl/α,β-unsaturated/α-hetero) is 1. The first-order valence-electron chi connectivity index (χ1n) is 6.59. The summed E-state index contributed by atoms with van der Waals surface area (Å²) >= 11 is 0. The maximum absolute atomic E-state index is 11.9. The van der Waals surface area contributed by atoms with Crippen molar-refractivity contribution in [1.29, 1.82) is 0 Å². The monoisotopic (exact) mass is 284 g/mol. The standard InChI is InChI=1S/C13H20N2O5/c1-9(16)15-7-3-4-11(15)13(19)14-8-10(17)5-6-12(18)20-2/h11H,3-8H2,1-2H3,(H,14,19)/t11-/m1/s1. The van der Waals surface area contributed by atoms with E-state index in [1.807, 2.05) is 0 Å². The molecule has 0 aliphatic carbocycles. The van der Waals surface area contributed by atoms with Gasteiger partial charge in [-0.3, -0.25) is 19.2 Å². The number of carbonyl (C=O) groups is 4. The van der Waals surface area contributed by atoms with Gasteiger partial charge in [0, 0.05) is 19.9 Å². The number of rotatable bonds is 6. The molecule has 0 aromatic rings. The molecule has 0 unspecified atom stereocenters. The number of amides is 2. The van der Waals surface area contributed by atoms with Gasteiger partial charge in [0.05, 0.1) is 20.1 Å². The van der Waals surface area contributed by atoms with E-state index in [1.54, 1.807) is 0 Å². The highest BCUT2D eigenvalue weighted by Gasteiger charge is 2.32. The van der Waals surface area contributed by atoms with Crippen molar-refractivity contribution in [3.63, 3.8) is 0 Å². The van der Waals surface area contributed by atoms with Crippen LogP contribution in [0.4, 0.5) is 0 Å². The van der Waals surface area contributed by atoms with Crippen LogP contribution < -0.4 is 5.32 Å². The number of esters is 1. The highest BCUT2D eigenvalue weighted by atomic mass is 16.5. The predicted octanol–water partition coefficient (Wildman–Crippen LogP) is -0.364. The summed E-state index contributed by atoms with van der Waals surface area (Å²) in [6, 6.07) is -0.485. The molecule has 20 heavy (non-hydrogen) atoms. The first kappa shape index (κ1) is 16.1. The molecule has 1 heterocycles. The topological polar surface area (TPSA) is 92.8 Å². The molecule has 1 rings (SSSR count). The Morgan fingerprint density at radius 1 is 1.25 bits per heavy atom. The number of carbonyl (C=O) groups excluding carboxylic acids is 4. The van der Waals surface area contributed by atoms with Crippen molar-refractivity contribution >= 4 is 23.6 Å². The smallest absolute Gasteiger partial charge is 0.305 e. The average Bonchev–Trinajstić information content (AvgIpc) is 2.91. The molecule has 112 valence electrons. The fourth-order valence-electron chi connectivity index (χ4n) is 2.15. The maximum Gasteiger partial charge on any atom is 0.305 e. The lowest BCUT2D eigenvalue weighted by molar-refractivity contribution is -0.142. The summed E-state index contributed by atoms with van der Waals surface area (Å²) in [7, 11) is 1.25. The van der Waals surface area contributed by atoms with Gasteiger partial charge in [0.1, 0.15) is 6.04 Å². The van der Waals surface area contributed by atoms with Crippen molar-refractivity contribution in [1.82, 2.24) is 10.2 Å². The normalized spacial score (nSPS) is 17.7. The number of methoxy groups -OCH3 is 1. The summed E-state index contributed by atoms with van der Waals surface area (Å²) in [6.45, 7) is 1.87. The highest BCUT2D eigenvalue weighted by molar-refractivity contribution is 5.91. The molecular weight excluding hydrogens is 264 g/mol. The molecule has 1 N–H and O–H groups in total. The number of likely N-dealkylation sites (tertiary alicyclic amines) is 1. The zero-order chi connectivity index (χ0) is 15.1. The second-order valence-corrected chi connectivity index (χ2v) is 4.70. The van der Waals surface area contributed by atoms with Crippen LogP contribution in [0.1, 0.15) is 32.6 Å². The van der Waals surface area contributed by atoms with Gasteiger partial charge >= 0.3 is 5.97 Å². The number of hydrogen-bond acceptors (Lipinski definition) is 5. The minimum Gasteiger partial charge on any atom is -0.469 e. The van der Waals surface area contributed by atoms with Crippen LogP contribution in [0, 0.1) is 0 Å². The van der Waals surface area contributed by atoms with Gasteiger partial charge in [-0.1, -0.05) is 0 Å². The molecule has 1 aliphatic rings. The van der Waals surface area contributed by atoms with Crippen LogP contribution in [0.15, 0.2) is 0 Å². The van der Waals surface area contributed by atoms with Crippen LogP contribution in [0.5, 0.6) is 0 Å². The van der Waals surface area contributed by atoms with Crippen LogP contribution in [0.25, 0.3) is 0 Å². The third-order valence-electron chi connectivity index (χ3n) is 3.26. The first-order chi connectivity index (χ1) is 9.45. The van der Waals surface area contributed by atoms with E-state index in [1.165, 1.54) is 18.9 Å². The van der Waals surface area contributed by atoms with Crippen molar-refractivity contribution in [3.8, 4) is 0 Å². The number of nitrogens with one attached hydrogen (secondary N) is 1. The third kappa shape index (κ3) is 4.64. The quantitative estimate of drug-likeness (QED) is 0.672. The van der Waals surface area contributed by atoms with E-state index in [0.717, 1.165) is 6.42 Å². The van der Waals surface area contributed by atoms with Crippen LogP contribution in [-0.4, -0.2) is 54.7 Å². The van der Waals surface area contributed by atoms with Gasteiger partial charge < -0.3 is 15.0 Å². The van der Waals surface area contributed by atoms with E-state index >= 15 is 0 Å². The number of hydrogen-bond donors (Lipinski definition) is 1. The van der Waals surface area contributed by atoms with Crippen molar-refractivity contribution in [2.75, 3.05) is 20.2 Å². The Hall–Kier alpha value is -1.92. The first-order valence-corrected chi connectivity index (χ1v) is 6.59. The lowest BCUT2D eigenvalue weighted by Crippen LogP contribution is -2.46. The molecule has 1 aliphatic heterocycles. The van der Waals surface area contributed by atoms with Crippen LogP contribution >= 0.6 is 0 Å². The van der Waals surface area contributed by atoms with Crippen LogP contribution in [0.2, 0.25) is 0 Å². The molecule has 0 aromatic heterocycles. The largest absolute Gasteiger partial charge is 0.469 e. The molecule has 7 heteroatoms. The third-order valence-corrected chi connectivity index (χ3v) is 3.26. The number of ketones is 1. The molecule has 1 saturated heterocycles. The fraction of sp³-hybridized carbons (Fsp3) is 0.692. The van der Waals surface area contributed by atoms with Gasteiger partial charge in [-0.2, -0.15) is 0 Å². The summed E-state index contributed by atoms with van der Waals surface area (Å²) < 4.78 is 4.43. The van der Waals surface area contributed by atoms with E-state index in [4.69, 9.17) is 0 Å². The highest BCUT2D eigenvalue weighted by Crippen LogP contribution is 2.17. The molecule has 0 radical (unpaired) electrons. The Bertz CT molecular complexity index is 408. The van der Waals surface area contributed by atoms with Gasteiger partial charge in [0.15, 0.2) is 5.78 Å². The predicted molar refractivity (Wildman–Crippen MR) is 69.7 cm³/mol. The molecule has 1 fully saturated rings.